The molecule has 1 heterocycles. The zero-order valence-corrected chi connectivity index (χ0v) is 13.6. The summed E-state index contributed by atoms with van der Waals surface area (Å²) in [5, 5.41) is 2.18. The number of nitrogens with zero attached hydrogens (tertiary/aromatic N) is 2. The SMILES string of the molecule is CCN1C(=O)NC(=O)/C(=C\c2ccc(N(CC)CC)cc2)C1=O. The molecular weight excluding hydrogens is 294 g/mol. The molecule has 0 aliphatic carbocycles. The zero-order valence-electron chi connectivity index (χ0n) is 13.6. The van der Waals surface area contributed by atoms with Gasteiger partial charge in [0.1, 0.15) is 5.57 Å². The molecule has 2 rings (SSSR count). The molecule has 0 radical (unpaired) electrons. The summed E-state index contributed by atoms with van der Waals surface area (Å²) in [5.41, 5.74) is 1.80. The number of benzene rings is 1. The van der Waals surface area contributed by atoms with Crippen LogP contribution in [0, 0.1) is 0 Å². The van der Waals surface area contributed by atoms with Crippen LogP contribution < -0.4 is 10.2 Å². The van der Waals surface area contributed by atoms with Crippen LogP contribution in [0.5, 0.6) is 0 Å². The van der Waals surface area contributed by atoms with E-state index in [0.717, 1.165) is 29.2 Å². The minimum Gasteiger partial charge on any atom is -0.372 e. The highest BCUT2D eigenvalue weighted by Gasteiger charge is 2.34. The minimum absolute atomic E-state index is 0.0259. The smallest absolute Gasteiger partial charge is 0.331 e. The highest BCUT2D eigenvalue weighted by atomic mass is 16.2. The molecule has 0 atom stereocenters. The summed E-state index contributed by atoms with van der Waals surface area (Å²) in [5.74, 6) is -1.22. The first kappa shape index (κ1) is 16.7. The lowest BCUT2D eigenvalue weighted by molar-refractivity contribution is -0.129. The standard InChI is InChI=1S/C17H21N3O3/c1-4-19(5-2)13-9-7-12(8-10-13)11-14-15(21)18-17(23)20(6-3)16(14)22/h7-11H,4-6H2,1-3H3,(H,18,21,23)/b14-11+. The number of hydrogen-bond donors (Lipinski definition) is 1. The number of hydrogen-bond acceptors (Lipinski definition) is 4. The number of carbonyl (C=O) groups excluding carboxylic acids is 3. The van der Waals surface area contributed by atoms with Crippen LogP contribution in [0.2, 0.25) is 0 Å². The topological polar surface area (TPSA) is 69.7 Å². The first-order valence-electron chi connectivity index (χ1n) is 7.75. The van der Waals surface area contributed by atoms with Crippen molar-refractivity contribution in [2.45, 2.75) is 20.8 Å². The van der Waals surface area contributed by atoms with Crippen molar-refractivity contribution < 1.29 is 14.4 Å². The highest BCUT2D eigenvalue weighted by Crippen LogP contribution is 2.18. The molecule has 1 aromatic carbocycles. The van der Waals surface area contributed by atoms with Crippen molar-refractivity contribution in [3.8, 4) is 0 Å². The largest absolute Gasteiger partial charge is 0.372 e. The average Bonchev–Trinajstić information content (AvgIpc) is 2.54. The van der Waals surface area contributed by atoms with Crippen molar-refractivity contribution in [1.82, 2.24) is 10.2 Å². The molecule has 1 aliphatic rings. The number of barbiturate groups is 1. The van der Waals surface area contributed by atoms with Gasteiger partial charge in [-0.1, -0.05) is 12.1 Å². The van der Waals surface area contributed by atoms with E-state index in [1.165, 1.54) is 6.08 Å². The van der Waals surface area contributed by atoms with Crippen molar-refractivity contribution in [3.63, 3.8) is 0 Å². The molecule has 1 saturated heterocycles. The Hall–Kier alpha value is -2.63. The van der Waals surface area contributed by atoms with E-state index < -0.39 is 17.8 Å². The zero-order chi connectivity index (χ0) is 17.0. The fourth-order valence-corrected chi connectivity index (χ4v) is 2.52. The summed E-state index contributed by atoms with van der Waals surface area (Å²) in [4.78, 5) is 38.9. The van der Waals surface area contributed by atoms with Gasteiger partial charge in [-0.3, -0.25) is 19.8 Å². The maximum Gasteiger partial charge on any atom is 0.331 e. The number of urea groups is 1. The third-order valence-electron chi connectivity index (χ3n) is 3.83. The second kappa shape index (κ2) is 7.09. The molecule has 4 amide bonds. The first-order chi connectivity index (χ1) is 11.0. The van der Waals surface area contributed by atoms with Crippen LogP contribution >= 0.6 is 0 Å². The predicted molar refractivity (Wildman–Crippen MR) is 88.9 cm³/mol. The van der Waals surface area contributed by atoms with E-state index in [1.54, 1.807) is 6.92 Å². The Morgan fingerprint density at radius 3 is 2.17 bits per heavy atom. The number of amides is 4. The van der Waals surface area contributed by atoms with E-state index in [9.17, 15) is 14.4 Å². The number of imide groups is 2. The Labute approximate surface area is 135 Å². The van der Waals surface area contributed by atoms with Gasteiger partial charge in [0.15, 0.2) is 0 Å². The van der Waals surface area contributed by atoms with Crippen LogP contribution in [0.25, 0.3) is 6.08 Å². The van der Waals surface area contributed by atoms with Crippen LogP contribution in [0.15, 0.2) is 29.8 Å². The molecule has 6 heteroatoms. The normalized spacial score (nSPS) is 16.7. The molecule has 0 bridgehead atoms. The predicted octanol–water partition coefficient (Wildman–Crippen LogP) is 2.01. The maximum absolute atomic E-state index is 12.2. The van der Waals surface area contributed by atoms with Crippen molar-refractivity contribution in [3.05, 3.63) is 35.4 Å². The Balaban J connectivity index is 2.28. The molecule has 0 saturated carbocycles. The van der Waals surface area contributed by atoms with Gasteiger partial charge >= 0.3 is 6.03 Å². The lowest BCUT2D eigenvalue weighted by Gasteiger charge is -2.25. The van der Waals surface area contributed by atoms with Gasteiger partial charge in [0.2, 0.25) is 0 Å². The Kier molecular flexibility index (Phi) is 5.16. The van der Waals surface area contributed by atoms with Gasteiger partial charge in [0.05, 0.1) is 0 Å². The summed E-state index contributed by atoms with van der Waals surface area (Å²) in [7, 11) is 0. The summed E-state index contributed by atoms with van der Waals surface area (Å²) in [6, 6.07) is 6.94. The van der Waals surface area contributed by atoms with Crippen LogP contribution in [0.1, 0.15) is 26.3 Å². The molecule has 1 aromatic rings. The van der Waals surface area contributed by atoms with Gasteiger partial charge in [-0.05, 0) is 44.5 Å². The van der Waals surface area contributed by atoms with E-state index in [2.05, 4.69) is 24.1 Å². The van der Waals surface area contributed by atoms with Gasteiger partial charge < -0.3 is 4.90 Å². The molecule has 1 aliphatic heterocycles. The van der Waals surface area contributed by atoms with Gasteiger partial charge in [-0.25, -0.2) is 4.79 Å². The van der Waals surface area contributed by atoms with Crippen LogP contribution in [0.3, 0.4) is 0 Å². The molecule has 0 unspecified atom stereocenters. The summed E-state index contributed by atoms with van der Waals surface area (Å²) < 4.78 is 0. The number of rotatable bonds is 5. The quantitative estimate of drug-likeness (QED) is 0.666. The van der Waals surface area contributed by atoms with Crippen molar-refractivity contribution in [1.29, 1.82) is 0 Å². The van der Waals surface area contributed by atoms with E-state index >= 15 is 0 Å². The Morgan fingerprint density at radius 1 is 1.04 bits per heavy atom. The molecule has 1 N–H and O–H groups in total. The monoisotopic (exact) mass is 315 g/mol. The van der Waals surface area contributed by atoms with Gasteiger partial charge in [0.25, 0.3) is 11.8 Å². The van der Waals surface area contributed by atoms with Crippen molar-refractivity contribution >= 4 is 29.6 Å². The second-order valence-corrected chi connectivity index (χ2v) is 5.13. The highest BCUT2D eigenvalue weighted by molar-refractivity contribution is 6.30. The van der Waals surface area contributed by atoms with Gasteiger partial charge in [-0.15, -0.1) is 0 Å². The number of carbonyl (C=O) groups is 3. The van der Waals surface area contributed by atoms with Crippen molar-refractivity contribution in [2.24, 2.45) is 0 Å². The molecule has 0 spiro atoms. The van der Waals surface area contributed by atoms with Crippen LogP contribution in [-0.4, -0.2) is 42.4 Å². The lowest BCUT2D eigenvalue weighted by Crippen LogP contribution is -2.53. The van der Waals surface area contributed by atoms with Crippen LogP contribution in [0.4, 0.5) is 10.5 Å². The van der Waals surface area contributed by atoms with E-state index in [-0.39, 0.29) is 12.1 Å². The second-order valence-electron chi connectivity index (χ2n) is 5.13. The van der Waals surface area contributed by atoms with Crippen molar-refractivity contribution in [2.75, 3.05) is 24.5 Å². The first-order valence-corrected chi connectivity index (χ1v) is 7.75. The third kappa shape index (κ3) is 3.41. The fourth-order valence-electron chi connectivity index (χ4n) is 2.52. The molecule has 23 heavy (non-hydrogen) atoms. The summed E-state index contributed by atoms with van der Waals surface area (Å²) in [6.45, 7) is 7.89. The van der Waals surface area contributed by atoms with E-state index in [0.29, 0.717) is 0 Å². The van der Waals surface area contributed by atoms with Gasteiger partial charge in [0, 0.05) is 25.3 Å². The summed E-state index contributed by atoms with van der Waals surface area (Å²) in [6.07, 6.45) is 1.51. The van der Waals surface area contributed by atoms with Gasteiger partial charge in [-0.2, -0.15) is 0 Å². The number of nitrogens with one attached hydrogen (secondary N) is 1. The Bertz CT molecular complexity index is 646. The number of likely N-dealkylation sites (N-methyl/N-ethyl adjacent to an activating group) is 1. The molecule has 0 aromatic heterocycles. The average molecular weight is 315 g/mol. The number of anilines is 1. The van der Waals surface area contributed by atoms with Crippen LogP contribution in [-0.2, 0) is 9.59 Å². The maximum atomic E-state index is 12.2. The Morgan fingerprint density at radius 2 is 1.65 bits per heavy atom. The molecular formula is C17H21N3O3. The molecule has 122 valence electrons. The summed E-state index contributed by atoms with van der Waals surface area (Å²) >= 11 is 0. The van der Waals surface area contributed by atoms with E-state index in [4.69, 9.17) is 0 Å². The minimum atomic E-state index is -0.670. The fraction of sp³-hybridized carbons (Fsp3) is 0.353. The molecule has 1 fully saturated rings. The molecule has 6 nitrogen and oxygen atoms in total. The third-order valence-corrected chi connectivity index (χ3v) is 3.83. The van der Waals surface area contributed by atoms with E-state index in [1.807, 2.05) is 24.3 Å². The lowest BCUT2D eigenvalue weighted by atomic mass is 10.1.